The van der Waals surface area contributed by atoms with Crippen LogP contribution in [0, 0.1) is 0 Å². The Balaban J connectivity index is 2.82. The van der Waals surface area contributed by atoms with Crippen LogP contribution in [0.3, 0.4) is 0 Å². The van der Waals surface area contributed by atoms with E-state index in [-0.39, 0.29) is 0 Å². The molecule has 0 aliphatic heterocycles. The van der Waals surface area contributed by atoms with Gasteiger partial charge >= 0.3 is 0 Å². The maximum absolute atomic E-state index is 10.1. The molecule has 0 spiro atoms. The van der Waals surface area contributed by atoms with E-state index >= 15 is 0 Å². The summed E-state index contributed by atoms with van der Waals surface area (Å²) in [6.07, 6.45) is 1.99. The van der Waals surface area contributed by atoms with Crippen molar-refractivity contribution in [2.24, 2.45) is 5.50 Å². The van der Waals surface area contributed by atoms with Gasteiger partial charge in [0, 0.05) is 0 Å². The van der Waals surface area contributed by atoms with E-state index in [0.29, 0.717) is 6.61 Å². The predicted octanol–water partition coefficient (Wildman–Crippen LogP) is 1.15. The molecule has 3 nitrogen and oxygen atoms in total. The highest BCUT2D eigenvalue weighted by Gasteiger charge is 1.86. The van der Waals surface area contributed by atoms with Crippen LogP contribution in [0.5, 0.6) is 0 Å². The first kappa shape index (κ1) is 8.15. The zero-order valence-corrected chi connectivity index (χ0v) is 6.02. The fourth-order valence-electron chi connectivity index (χ4n) is 0.317. The van der Waals surface area contributed by atoms with Crippen LogP contribution in [0.1, 0.15) is 19.8 Å². The molecule has 1 unspecified atom stereocenters. The molecule has 0 fully saturated rings. The van der Waals surface area contributed by atoms with Crippen molar-refractivity contribution in [3.8, 4) is 0 Å². The molecule has 0 bridgehead atoms. The summed E-state index contributed by atoms with van der Waals surface area (Å²) in [4.78, 5) is 0. The van der Waals surface area contributed by atoms with Gasteiger partial charge in [-0.05, 0) is 6.42 Å². The SMILES string of the molecule is CCCCO[PH](N)=O. The Hall–Kier alpha value is 0.150. The third-order valence-electron chi connectivity index (χ3n) is 0.742. The van der Waals surface area contributed by atoms with E-state index in [0.717, 1.165) is 12.8 Å². The summed E-state index contributed by atoms with van der Waals surface area (Å²) in [5, 5.41) is 0. The average Bonchev–Trinajstić information content (AvgIpc) is 1.66. The van der Waals surface area contributed by atoms with Crippen molar-refractivity contribution < 1.29 is 9.09 Å². The van der Waals surface area contributed by atoms with Gasteiger partial charge in [-0.1, -0.05) is 13.3 Å². The topological polar surface area (TPSA) is 52.3 Å². The fraction of sp³-hybridized carbons (Fsp3) is 1.00. The van der Waals surface area contributed by atoms with Crippen molar-refractivity contribution in [1.82, 2.24) is 0 Å². The molecular weight excluding hydrogens is 125 g/mol. The molecule has 2 N–H and O–H groups in total. The van der Waals surface area contributed by atoms with E-state index in [1.807, 2.05) is 6.92 Å². The quantitative estimate of drug-likeness (QED) is 0.467. The van der Waals surface area contributed by atoms with Crippen LogP contribution < -0.4 is 5.50 Å². The molecule has 0 saturated heterocycles. The van der Waals surface area contributed by atoms with Gasteiger partial charge < -0.3 is 4.52 Å². The molecule has 0 aliphatic carbocycles. The Bertz CT molecular complexity index is 76.4. The standard InChI is InChI=1S/C4H12NO2P/c1-2-3-4-7-8(5)6/h8H,2-4H2,1H3,(H2,5,6). The second kappa shape index (κ2) is 5.29. The summed E-state index contributed by atoms with van der Waals surface area (Å²) < 4.78 is 14.7. The van der Waals surface area contributed by atoms with E-state index in [9.17, 15) is 4.57 Å². The van der Waals surface area contributed by atoms with E-state index in [4.69, 9.17) is 5.50 Å². The molecule has 50 valence electrons. The lowest BCUT2D eigenvalue weighted by molar-refractivity contribution is 0.321. The van der Waals surface area contributed by atoms with Gasteiger partial charge in [0.15, 0.2) is 0 Å². The molecule has 0 rings (SSSR count). The second-order valence-electron chi connectivity index (χ2n) is 1.52. The number of nitrogens with two attached hydrogens (primary N) is 1. The Morgan fingerprint density at radius 3 is 2.75 bits per heavy atom. The Labute approximate surface area is 50.1 Å². The molecule has 0 saturated carbocycles. The number of rotatable bonds is 4. The molecule has 8 heavy (non-hydrogen) atoms. The lowest BCUT2D eigenvalue weighted by Gasteiger charge is -1.95. The van der Waals surface area contributed by atoms with Gasteiger partial charge in [-0.3, -0.25) is 10.1 Å². The summed E-state index contributed by atoms with van der Waals surface area (Å²) in [5.74, 6) is 0. The number of hydrogen-bond acceptors (Lipinski definition) is 2. The van der Waals surface area contributed by atoms with Gasteiger partial charge in [-0.2, -0.15) is 0 Å². The molecule has 0 radical (unpaired) electrons. The summed E-state index contributed by atoms with van der Waals surface area (Å²) in [7, 11) is -2.16. The minimum Gasteiger partial charge on any atom is -0.320 e. The molecule has 0 aliphatic rings. The zero-order chi connectivity index (χ0) is 6.41. The first-order chi connectivity index (χ1) is 3.77. The van der Waals surface area contributed by atoms with Crippen LogP contribution in [0.2, 0.25) is 0 Å². The largest absolute Gasteiger partial charge is 0.320 e. The molecule has 1 atom stereocenters. The van der Waals surface area contributed by atoms with Gasteiger partial charge in [0.1, 0.15) is 0 Å². The fourth-order valence-corrected chi connectivity index (χ4v) is 0.663. The van der Waals surface area contributed by atoms with Crippen molar-refractivity contribution in [1.29, 1.82) is 0 Å². The van der Waals surface area contributed by atoms with Crippen molar-refractivity contribution >= 4 is 8.18 Å². The summed E-state index contributed by atoms with van der Waals surface area (Å²) in [5.41, 5.74) is 4.86. The molecule has 0 aromatic rings. The van der Waals surface area contributed by atoms with Crippen LogP contribution in [0.25, 0.3) is 0 Å². The third kappa shape index (κ3) is 6.15. The number of hydrogen-bond donors (Lipinski definition) is 1. The maximum Gasteiger partial charge on any atom is 0.255 e. The third-order valence-corrected chi connectivity index (χ3v) is 1.23. The van der Waals surface area contributed by atoms with Crippen molar-refractivity contribution in [3.63, 3.8) is 0 Å². The average molecular weight is 137 g/mol. The Morgan fingerprint density at radius 1 is 1.75 bits per heavy atom. The van der Waals surface area contributed by atoms with Crippen molar-refractivity contribution in [2.45, 2.75) is 19.8 Å². The highest BCUT2D eigenvalue weighted by atomic mass is 31.1. The lowest BCUT2D eigenvalue weighted by Crippen LogP contribution is -1.88. The molecule has 0 amide bonds. The van der Waals surface area contributed by atoms with E-state index < -0.39 is 8.18 Å². The first-order valence-corrected chi connectivity index (χ1v) is 4.09. The van der Waals surface area contributed by atoms with Crippen LogP contribution in [0.15, 0.2) is 0 Å². The lowest BCUT2D eigenvalue weighted by atomic mass is 10.4. The molecule has 0 heterocycles. The Morgan fingerprint density at radius 2 is 2.38 bits per heavy atom. The smallest absolute Gasteiger partial charge is 0.255 e. The first-order valence-electron chi connectivity index (χ1n) is 2.69. The van der Waals surface area contributed by atoms with Crippen LogP contribution in [0.4, 0.5) is 0 Å². The molecule has 0 aromatic heterocycles. The van der Waals surface area contributed by atoms with Gasteiger partial charge in [0.2, 0.25) is 0 Å². The highest BCUT2D eigenvalue weighted by molar-refractivity contribution is 7.36. The summed E-state index contributed by atoms with van der Waals surface area (Å²) >= 11 is 0. The molecule has 4 heteroatoms. The monoisotopic (exact) mass is 137 g/mol. The van der Waals surface area contributed by atoms with Crippen LogP contribution in [-0.4, -0.2) is 6.61 Å². The normalized spacial score (nSPS) is 13.8. The molecule has 0 aromatic carbocycles. The summed E-state index contributed by atoms with van der Waals surface area (Å²) in [6, 6.07) is 0. The van der Waals surface area contributed by atoms with Crippen LogP contribution >= 0.6 is 8.18 Å². The van der Waals surface area contributed by atoms with Gasteiger partial charge in [0.25, 0.3) is 8.18 Å². The van der Waals surface area contributed by atoms with Gasteiger partial charge in [-0.15, -0.1) is 0 Å². The van der Waals surface area contributed by atoms with Crippen molar-refractivity contribution in [3.05, 3.63) is 0 Å². The van der Waals surface area contributed by atoms with Gasteiger partial charge in [-0.25, -0.2) is 0 Å². The zero-order valence-electron chi connectivity index (χ0n) is 5.02. The van der Waals surface area contributed by atoms with Gasteiger partial charge in [0.05, 0.1) is 6.61 Å². The molecular formula is C4H12NO2P. The minimum atomic E-state index is -2.16. The summed E-state index contributed by atoms with van der Waals surface area (Å²) in [6.45, 7) is 2.57. The second-order valence-corrected chi connectivity index (χ2v) is 2.45. The van der Waals surface area contributed by atoms with E-state index in [2.05, 4.69) is 4.52 Å². The van der Waals surface area contributed by atoms with Crippen LogP contribution in [-0.2, 0) is 9.09 Å². The highest BCUT2D eigenvalue weighted by Crippen LogP contribution is 2.09. The number of unbranched alkanes of at least 4 members (excludes halogenated alkanes) is 1. The van der Waals surface area contributed by atoms with Crippen molar-refractivity contribution in [2.75, 3.05) is 6.61 Å². The van der Waals surface area contributed by atoms with E-state index in [1.165, 1.54) is 0 Å². The predicted molar refractivity (Wildman–Crippen MR) is 34.0 cm³/mol. The van der Waals surface area contributed by atoms with E-state index in [1.54, 1.807) is 0 Å². The Kier molecular flexibility index (Phi) is 5.39. The maximum atomic E-state index is 10.1. The minimum absolute atomic E-state index is 0.533.